The quantitative estimate of drug-likeness (QED) is 0.617. The minimum absolute atomic E-state index is 0.236. The second-order valence-corrected chi connectivity index (χ2v) is 6.97. The summed E-state index contributed by atoms with van der Waals surface area (Å²) in [7, 11) is 0. The number of hydrogen-bond acceptors (Lipinski definition) is 2. The molecule has 21 heavy (non-hydrogen) atoms. The number of carbonyl (C=O) groups excluding carboxylic acids is 1. The Bertz CT molecular complexity index is 522. The molecule has 116 valence electrons. The fraction of sp³-hybridized carbons (Fsp3) is 0.500. The minimum atomic E-state index is -0.372. The first-order valence-electron chi connectivity index (χ1n) is 6.91. The Morgan fingerprint density at radius 2 is 1.57 bits per heavy atom. The molecule has 0 unspecified atom stereocenters. The summed E-state index contributed by atoms with van der Waals surface area (Å²) in [5.74, 6) is -0.290. The number of amides is 1. The highest BCUT2D eigenvalue weighted by atomic mass is 19.1. The fourth-order valence-corrected chi connectivity index (χ4v) is 1.56. The average Bonchev–Trinajstić information content (AvgIpc) is 2.24. The van der Waals surface area contributed by atoms with Gasteiger partial charge < -0.3 is 5.32 Å². The average molecular weight is 293 g/mol. The Labute approximate surface area is 125 Å². The lowest BCUT2D eigenvalue weighted by Gasteiger charge is -2.26. The Morgan fingerprint density at radius 1 is 1.05 bits per heavy atom. The van der Waals surface area contributed by atoms with Crippen LogP contribution in [0.15, 0.2) is 29.3 Å². The first-order chi connectivity index (χ1) is 9.46. The van der Waals surface area contributed by atoms with Crippen LogP contribution >= 0.6 is 0 Å². The third-order valence-electron chi connectivity index (χ3n) is 2.28. The summed E-state index contributed by atoms with van der Waals surface area (Å²) in [4.78, 5) is 16.7. The first kappa shape index (κ1) is 17.1. The monoisotopic (exact) mass is 293 g/mol. The van der Waals surface area contributed by atoms with Crippen LogP contribution in [0.4, 0.5) is 4.39 Å². The molecule has 1 aromatic rings. The van der Waals surface area contributed by atoms with Gasteiger partial charge in [0.05, 0.1) is 5.54 Å². The van der Waals surface area contributed by atoms with Gasteiger partial charge in [0.15, 0.2) is 5.96 Å². The Hall–Kier alpha value is -1.91. The molecule has 0 fully saturated rings. The van der Waals surface area contributed by atoms with Crippen molar-refractivity contribution < 1.29 is 9.18 Å². The van der Waals surface area contributed by atoms with Crippen LogP contribution < -0.4 is 10.6 Å². The molecule has 4 nitrogen and oxygen atoms in total. The molecule has 2 N–H and O–H groups in total. The summed E-state index contributed by atoms with van der Waals surface area (Å²) in [6.07, 6.45) is 0. The third kappa shape index (κ3) is 6.88. The molecule has 0 radical (unpaired) electrons. The van der Waals surface area contributed by atoms with Crippen LogP contribution in [-0.4, -0.2) is 22.9 Å². The molecule has 0 aliphatic heterocycles. The maximum absolute atomic E-state index is 12.9. The van der Waals surface area contributed by atoms with Crippen molar-refractivity contribution in [2.75, 3.05) is 0 Å². The zero-order valence-electron chi connectivity index (χ0n) is 13.5. The van der Waals surface area contributed by atoms with Crippen molar-refractivity contribution in [3.63, 3.8) is 0 Å². The molecule has 0 saturated heterocycles. The SMILES string of the molecule is CC(C)(C)N=C(NC(=O)c1ccc(F)cc1)NC(C)(C)C. The lowest BCUT2D eigenvalue weighted by molar-refractivity contribution is 0.0975. The molecule has 0 saturated carbocycles. The van der Waals surface area contributed by atoms with Gasteiger partial charge in [-0.05, 0) is 65.8 Å². The van der Waals surface area contributed by atoms with Gasteiger partial charge in [-0.3, -0.25) is 10.1 Å². The molecule has 0 aliphatic carbocycles. The number of halogens is 1. The van der Waals surface area contributed by atoms with Crippen molar-refractivity contribution in [2.45, 2.75) is 52.6 Å². The van der Waals surface area contributed by atoms with Gasteiger partial charge >= 0.3 is 0 Å². The highest BCUT2D eigenvalue weighted by Gasteiger charge is 2.18. The van der Waals surface area contributed by atoms with E-state index in [1.807, 2.05) is 41.5 Å². The molecule has 0 bridgehead atoms. The molecular formula is C16H24FN3O. The first-order valence-corrected chi connectivity index (χ1v) is 6.91. The van der Waals surface area contributed by atoms with Crippen molar-refractivity contribution in [1.29, 1.82) is 0 Å². The second kappa shape index (κ2) is 6.24. The van der Waals surface area contributed by atoms with E-state index >= 15 is 0 Å². The van der Waals surface area contributed by atoms with E-state index in [1.54, 1.807) is 0 Å². The van der Waals surface area contributed by atoms with Gasteiger partial charge in [-0.1, -0.05) is 0 Å². The number of rotatable bonds is 1. The zero-order valence-corrected chi connectivity index (χ0v) is 13.5. The van der Waals surface area contributed by atoms with Crippen LogP contribution in [0.3, 0.4) is 0 Å². The highest BCUT2D eigenvalue weighted by Crippen LogP contribution is 2.08. The standard InChI is InChI=1S/C16H24FN3O/c1-15(2,3)19-14(20-16(4,5)6)18-13(21)11-7-9-12(17)10-8-11/h7-10H,1-6H3,(H2,18,19,20,21). The lowest BCUT2D eigenvalue weighted by Crippen LogP contribution is -2.50. The summed E-state index contributed by atoms with van der Waals surface area (Å²) in [5.41, 5.74) is -0.183. The number of hydrogen-bond donors (Lipinski definition) is 2. The zero-order chi connectivity index (χ0) is 16.3. The third-order valence-corrected chi connectivity index (χ3v) is 2.28. The molecule has 0 aliphatic rings. The smallest absolute Gasteiger partial charge is 0.257 e. The topological polar surface area (TPSA) is 53.5 Å². The summed E-state index contributed by atoms with van der Waals surface area (Å²) in [6.45, 7) is 11.8. The summed E-state index contributed by atoms with van der Waals surface area (Å²) in [5, 5.41) is 5.91. The number of carbonyl (C=O) groups is 1. The lowest BCUT2D eigenvalue weighted by atomic mass is 10.1. The van der Waals surface area contributed by atoms with E-state index in [0.717, 1.165) is 0 Å². The van der Waals surface area contributed by atoms with Gasteiger partial charge in [-0.25, -0.2) is 9.38 Å². The molecular weight excluding hydrogens is 269 g/mol. The molecule has 1 rings (SSSR count). The number of aliphatic imine (C=N–C) groups is 1. The molecule has 0 heterocycles. The maximum atomic E-state index is 12.9. The summed E-state index contributed by atoms with van der Waals surface area (Å²) < 4.78 is 12.9. The summed E-state index contributed by atoms with van der Waals surface area (Å²) >= 11 is 0. The van der Waals surface area contributed by atoms with Gasteiger partial charge in [0, 0.05) is 11.1 Å². The van der Waals surface area contributed by atoms with E-state index in [1.165, 1.54) is 24.3 Å². The van der Waals surface area contributed by atoms with Crippen LogP contribution in [0, 0.1) is 5.82 Å². The van der Waals surface area contributed by atoms with Gasteiger partial charge in [0.1, 0.15) is 5.82 Å². The van der Waals surface area contributed by atoms with E-state index in [-0.39, 0.29) is 22.8 Å². The van der Waals surface area contributed by atoms with Crippen molar-refractivity contribution in [1.82, 2.24) is 10.6 Å². The van der Waals surface area contributed by atoms with Crippen LogP contribution in [0.2, 0.25) is 0 Å². The van der Waals surface area contributed by atoms with Gasteiger partial charge in [-0.15, -0.1) is 0 Å². The Morgan fingerprint density at radius 3 is 2.00 bits per heavy atom. The molecule has 0 spiro atoms. The van der Waals surface area contributed by atoms with E-state index in [0.29, 0.717) is 11.5 Å². The Kier molecular flexibility index (Phi) is 5.10. The van der Waals surface area contributed by atoms with E-state index in [9.17, 15) is 9.18 Å². The van der Waals surface area contributed by atoms with Crippen LogP contribution in [0.5, 0.6) is 0 Å². The van der Waals surface area contributed by atoms with Crippen LogP contribution in [-0.2, 0) is 0 Å². The van der Waals surface area contributed by atoms with Gasteiger partial charge in [0.25, 0.3) is 5.91 Å². The predicted octanol–water partition coefficient (Wildman–Crippen LogP) is 3.10. The number of nitrogens with one attached hydrogen (secondary N) is 2. The van der Waals surface area contributed by atoms with Crippen molar-refractivity contribution in [3.8, 4) is 0 Å². The maximum Gasteiger partial charge on any atom is 0.257 e. The van der Waals surface area contributed by atoms with Crippen LogP contribution in [0.1, 0.15) is 51.9 Å². The molecule has 0 aromatic heterocycles. The van der Waals surface area contributed by atoms with E-state index in [2.05, 4.69) is 15.6 Å². The number of nitrogens with zero attached hydrogens (tertiary/aromatic N) is 1. The van der Waals surface area contributed by atoms with Crippen molar-refractivity contribution in [2.24, 2.45) is 4.99 Å². The minimum Gasteiger partial charge on any atom is -0.351 e. The van der Waals surface area contributed by atoms with Gasteiger partial charge in [-0.2, -0.15) is 0 Å². The number of benzene rings is 1. The van der Waals surface area contributed by atoms with Crippen molar-refractivity contribution in [3.05, 3.63) is 35.6 Å². The molecule has 1 amide bonds. The number of guanidine groups is 1. The summed E-state index contributed by atoms with van der Waals surface area (Å²) in [6, 6.07) is 5.40. The highest BCUT2D eigenvalue weighted by molar-refractivity contribution is 6.05. The van der Waals surface area contributed by atoms with Crippen molar-refractivity contribution >= 4 is 11.9 Å². The van der Waals surface area contributed by atoms with Gasteiger partial charge in [0.2, 0.25) is 0 Å². The van der Waals surface area contributed by atoms with E-state index < -0.39 is 0 Å². The Balaban J connectivity index is 2.93. The molecule has 5 heteroatoms. The predicted molar refractivity (Wildman–Crippen MR) is 83.9 cm³/mol. The normalized spacial score (nSPS) is 13.0. The fourth-order valence-electron chi connectivity index (χ4n) is 1.56. The molecule has 1 aromatic carbocycles. The van der Waals surface area contributed by atoms with E-state index in [4.69, 9.17) is 0 Å². The second-order valence-electron chi connectivity index (χ2n) is 6.97. The van der Waals surface area contributed by atoms with Crippen LogP contribution in [0.25, 0.3) is 0 Å². The molecule has 0 atom stereocenters. The largest absolute Gasteiger partial charge is 0.351 e.